The van der Waals surface area contributed by atoms with Crippen LogP contribution in [0.4, 0.5) is 0 Å². The van der Waals surface area contributed by atoms with Crippen LogP contribution in [0.1, 0.15) is 43.2 Å². The minimum Gasteiger partial charge on any atom is -0.299 e. The van der Waals surface area contributed by atoms with E-state index >= 15 is 0 Å². The van der Waals surface area contributed by atoms with E-state index in [0.29, 0.717) is 5.78 Å². The molecule has 1 aromatic carbocycles. The van der Waals surface area contributed by atoms with Crippen molar-refractivity contribution in [2.24, 2.45) is 5.92 Å². The molecule has 0 amide bonds. The largest absolute Gasteiger partial charge is 0.299 e. The standard InChI is InChI=1S/C16H18O/c17-16-11-4-3-9-15(16)14-10-5-7-12-6-1-2-8-13(12)14/h1-2,6,8,10,15H,3-5,7,9,11H2. The maximum atomic E-state index is 12.1. The maximum absolute atomic E-state index is 12.1. The first-order chi connectivity index (χ1) is 8.36. The summed E-state index contributed by atoms with van der Waals surface area (Å²) in [4.78, 5) is 12.1. The number of hydrogen-bond acceptors (Lipinski definition) is 1. The minimum absolute atomic E-state index is 0.185. The number of carbonyl (C=O) groups excluding carboxylic acids is 1. The second kappa shape index (κ2) is 4.48. The third-order valence-corrected chi connectivity index (χ3v) is 4.04. The van der Waals surface area contributed by atoms with Crippen LogP contribution in [0.15, 0.2) is 30.3 Å². The zero-order chi connectivity index (χ0) is 11.7. The molecule has 88 valence electrons. The average Bonchev–Trinajstić information content (AvgIpc) is 2.39. The quantitative estimate of drug-likeness (QED) is 0.712. The van der Waals surface area contributed by atoms with E-state index in [2.05, 4.69) is 30.3 Å². The van der Waals surface area contributed by atoms with Crippen molar-refractivity contribution in [3.63, 3.8) is 0 Å². The monoisotopic (exact) mass is 226 g/mol. The van der Waals surface area contributed by atoms with Crippen molar-refractivity contribution in [2.75, 3.05) is 0 Å². The Morgan fingerprint density at radius 3 is 2.82 bits per heavy atom. The molecule has 0 spiro atoms. The summed E-state index contributed by atoms with van der Waals surface area (Å²) in [5.41, 5.74) is 4.07. The zero-order valence-electron chi connectivity index (χ0n) is 10.1. The van der Waals surface area contributed by atoms with Gasteiger partial charge in [-0.2, -0.15) is 0 Å². The van der Waals surface area contributed by atoms with Crippen molar-refractivity contribution in [3.8, 4) is 0 Å². The first kappa shape index (κ1) is 10.8. The van der Waals surface area contributed by atoms with Gasteiger partial charge in [0.1, 0.15) is 5.78 Å². The molecular formula is C16H18O. The molecule has 1 aromatic rings. The van der Waals surface area contributed by atoms with Gasteiger partial charge in [-0.05, 0) is 42.4 Å². The van der Waals surface area contributed by atoms with E-state index in [0.717, 1.165) is 32.1 Å². The summed E-state index contributed by atoms with van der Waals surface area (Å²) in [6, 6.07) is 8.58. The van der Waals surface area contributed by atoms with E-state index in [4.69, 9.17) is 0 Å². The molecule has 0 N–H and O–H groups in total. The molecule has 0 bridgehead atoms. The van der Waals surface area contributed by atoms with Crippen molar-refractivity contribution >= 4 is 11.4 Å². The van der Waals surface area contributed by atoms with Crippen molar-refractivity contribution < 1.29 is 4.79 Å². The van der Waals surface area contributed by atoms with E-state index in [9.17, 15) is 4.79 Å². The molecule has 1 fully saturated rings. The number of allylic oxidation sites excluding steroid dienone is 2. The highest BCUT2D eigenvalue weighted by Gasteiger charge is 2.28. The van der Waals surface area contributed by atoms with Crippen LogP contribution in [0.5, 0.6) is 0 Å². The minimum atomic E-state index is 0.185. The van der Waals surface area contributed by atoms with Gasteiger partial charge in [0.25, 0.3) is 0 Å². The molecule has 0 radical (unpaired) electrons. The van der Waals surface area contributed by atoms with Gasteiger partial charge in [-0.15, -0.1) is 0 Å². The number of hydrogen-bond donors (Lipinski definition) is 0. The predicted molar refractivity (Wildman–Crippen MR) is 69.7 cm³/mol. The van der Waals surface area contributed by atoms with Crippen molar-refractivity contribution in [2.45, 2.75) is 38.5 Å². The number of fused-ring (bicyclic) bond motifs is 1. The molecule has 1 saturated carbocycles. The number of aryl methyl sites for hydroxylation is 1. The first-order valence-corrected chi connectivity index (χ1v) is 6.67. The Morgan fingerprint density at radius 1 is 1.06 bits per heavy atom. The van der Waals surface area contributed by atoms with Crippen LogP contribution >= 0.6 is 0 Å². The van der Waals surface area contributed by atoms with Crippen LogP contribution in [0.2, 0.25) is 0 Å². The molecule has 1 atom stereocenters. The van der Waals surface area contributed by atoms with E-state index in [-0.39, 0.29) is 5.92 Å². The Bertz CT molecular complexity index is 470. The third-order valence-electron chi connectivity index (χ3n) is 4.04. The summed E-state index contributed by atoms with van der Waals surface area (Å²) in [5.74, 6) is 0.643. The number of ketones is 1. The average molecular weight is 226 g/mol. The van der Waals surface area contributed by atoms with Gasteiger partial charge in [0.15, 0.2) is 0 Å². The molecule has 3 rings (SSSR count). The lowest BCUT2D eigenvalue weighted by atomic mass is 9.76. The molecule has 17 heavy (non-hydrogen) atoms. The second-order valence-corrected chi connectivity index (χ2v) is 5.12. The van der Waals surface area contributed by atoms with Crippen molar-refractivity contribution in [3.05, 3.63) is 41.5 Å². The second-order valence-electron chi connectivity index (χ2n) is 5.12. The fraction of sp³-hybridized carbons (Fsp3) is 0.438. The highest BCUT2D eigenvalue weighted by Crippen LogP contribution is 2.37. The Kier molecular flexibility index (Phi) is 2.84. The van der Waals surface area contributed by atoms with Crippen molar-refractivity contribution in [1.29, 1.82) is 0 Å². The number of Topliss-reactive ketones (excluding diaryl/α,β-unsaturated/α-hetero) is 1. The number of benzene rings is 1. The van der Waals surface area contributed by atoms with Crippen LogP contribution < -0.4 is 0 Å². The first-order valence-electron chi connectivity index (χ1n) is 6.67. The summed E-state index contributed by atoms with van der Waals surface area (Å²) in [5, 5.41) is 0. The van der Waals surface area contributed by atoms with Crippen LogP contribution in [-0.4, -0.2) is 5.78 Å². The SMILES string of the molecule is O=C1CCCCC1C1=CCCc2ccccc21. The summed E-state index contributed by atoms with van der Waals surface area (Å²) in [6.45, 7) is 0. The van der Waals surface area contributed by atoms with E-state index < -0.39 is 0 Å². The number of carbonyl (C=O) groups is 1. The molecule has 1 heteroatoms. The summed E-state index contributed by atoms with van der Waals surface area (Å²) in [6.07, 6.45) is 8.65. The molecule has 0 aromatic heterocycles. The van der Waals surface area contributed by atoms with Crippen LogP contribution in [0, 0.1) is 5.92 Å². The van der Waals surface area contributed by atoms with Gasteiger partial charge < -0.3 is 0 Å². The van der Waals surface area contributed by atoms with Crippen LogP contribution in [0.25, 0.3) is 5.57 Å². The molecule has 0 aliphatic heterocycles. The van der Waals surface area contributed by atoms with Gasteiger partial charge in [0.05, 0.1) is 0 Å². The smallest absolute Gasteiger partial charge is 0.140 e. The molecule has 2 aliphatic rings. The number of rotatable bonds is 1. The van der Waals surface area contributed by atoms with Gasteiger partial charge in [-0.3, -0.25) is 4.79 Å². The Labute approximate surface area is 103 Å². The lowest BCUT2D eigenvalue weighted by molar-refractivity contribution is -0.122. The fourth-order valence-corrected chi connectivity index (χ4v) is 3.15. The Balaban J connectivity index is 1.97. The molecular weight excluding hydrogens is 208 g/mol. The van der Waals surface area contributed by atoms with E-state index in [1.54, 1.807) is 0 Å². The summed E-state index contributed by atoms with van der Waals surface area (Å²) >= 11 is 0. The zero-order valence-corrected chi connectivity index (χ0v) is 10.1. The Morgan fingerprint density at radius 2 is 1.94 bits per heavy atom. The van der Waals surface area contributed by atoms with E-state index in [1.807, 2.05) is 0 Å². The predicted octanol–water partition coefficient (Wildman–Crippen LogP) is 3.78. The lowest BCUT2D eigenvalue weighted by Crippen LogP contribution is -2.21. The molecule has 0 saturated heterocycles. The van der Waals surface area contributed by atoms with Crippen LogP contribution in [-0.2, 0) is 11.2 Å². The summed E-state index contributed by atoms with van der Waals surface area (Å²) in [7, 11) is 0. The fourth-order valence-electron chi connectivity index (χ4n) is 3.15. The van der Waals surface area contributed by atoms with Gasteiger partial charge in [0.2, 0.25) is 0 Å². The summed E-state index contributed by atoms with van der Waals surface area (Å²) < 4.78 is 0. The lowest BCUT2D eigenvalue weighted by Gasteiger charge is -2.27. The molecule has 0 heterocycles. The van der Waals surface area contributed by atoms with Gasteiger partial charge in [-0.25, -0.2) is 0 Å². The normalized spacial score (nSPS) is 24.1. The molecule has 2 aliphatic carbocycles. The van der Waals surface area contributed by atoms with Gasteiger partial charge in [0, 0.05) is 12.3 Å². The van der Waals surface area contributed by atoms with Crippen molar-refractivity contribution in [1.82, 2.24) is 0 Å². The Hall–Kier alpha value is -1.37. The van der Waals surface area contributed by atoms with Gasteiger partial charge >= 0.3 is 0 Å². The van der Waals surface area contributed by atoms with Crippen LogP contribution in [0.3, 0.4) is 0 Å². The van der Waals surface area contributed by atoms with Gasteiger partial charge in [-0.1, -0.05) is 36.8 Å². The highest BCUT2D eigenvalue weighted by molar-refractivity contribution is 5.94. The third kappa shape index (κ3) is 1.95. The molecule has 1 nitrogen and oxygen atoms in total. The maximum Gasteiger partial charge on any atom is 0.140 e. The van der Waals surface area contributed by atoms with E-state index in [1.165, 1.54) is 23.1 Å². The topological polar surface area (TPSA) is 17.1 Å². The molecule has 1 unspecified atom stereocenters. The highest BCUT2D eigenvalue weighted by atomic mass is 16.1.